The normalized spacial score (nSPS) is 21.9. The summed E-state index contributed by atoms with van der Waals surface area (Å²) in [5.41, 5.74) is 5.33. The molecule has 0 saturated heterocycles. The molecular weight excluding hydrogens is 318 g/mol. The van der Waals surface area contributed by atoms with Gasteiger partial charge in [0, 0.05) is 30.7 Å². The molecule has 0 aromatic rings. The molecule has 3 atom stereocenters. The Morgan fingerprint density at radius 3 is 2.36 bits per heavy atom. The molecule has 0 bridgehead atoms. The van der Waals surface area contributed by atoms with Crippen molar-refractivity contribution >= 4 is 23.7 Å². The van der Waals surface area contributed by atoms with Gasteiger partial charge in [-0.05, 0) is 18.3 Å². The maximum atomic E-state index is 12.5. The second kappa shape index (κ2) is 8.92. The molecule has 0 radical (unpaired) electrons. The molecule has 0 spiro atoms. The highest BCUT2D eigenvalue weighted by Crippen LogP contribution is 2.41. The van der Waals surface area contributed by atoms with Crippen molar-refractivity contribution in [3.63, 3.8) is 0 Å². The molecule has 3 N–H and O–H groups in total. The molecule has 25 heavy (non-hydrogen) atoms. The number of rotatable bonds is 9. The van der Waals surface area contributed by atoms with E-state index in [1.54, 1.807) is 13.1 Å². The first-order valence-electron chi connectivity index (χ1n) is 8.99. The topological polar surface area (TPSA) is 102 Å². The van der Waals surface area contributed by atoms with Crippen LogP contribution in [0.5, 0.6) is 0 Å². The van der Waals surface area contributed by atoms with Gasteiger partial charge in [-0.2, -0.15) is 0 Å². The number of aliphatic imine (C=N–C) groups is 1. The molecule has 6 heteroatoms. The highest BCUT2D eigenvalue weighted by Gasteiger charge is 2.49. The Morgan fingerprint density at radius 1 is 1.24 bits per heavy atom. The summed E-state index contributed by atoms with van der Waals surface area (Å²) in [6.45, 7) is 9.55. The van der Waals surface area contributed by atoms with Crippen LogP contribution in [0.1, 0.15) is 60.3 Å². The third-order valence-corrected chi connectivity index (χ3v) is 4.35. The SMILES string of the molecule is CCCC=N/C(=C\N)C(=O)C1C[C@H]1C(=O)N[C@H](C(=O)CC)C(C)(C)C. The van der Waals surface area contributed by atoms with Gasteiger partial charge >= 0.3 is 0 Å². The number of nitrogens with one attached hydrogen (secondary N) is 1. The Kier molecular flexibility index (Phi) is 7.52. The third kappa shape index (κ3) is 5.80. The average Bonchev–Trinajstić information content (AvgIpc) is 3.35. The minimum absolute atomic E-state index is 0.00362. The smallest absolute Gasteiger partial charge is 0.224 e. The number of amides is 1. The van der Waals surface area contributed by atoms with E-state index in [-0.39, 0.29) is 28.6 Å². The van der Waals surface area contributed by atoms with E-state index in [1.807, 2.05) is 27.7 Å². The lowest BCUT2D eigenvalue weighted by Gasteiger charge is -2.30. The minimum Gasteiger partial charge on any atom is -0.403 e. The third-order valence-electron chi connectivity index (χ3n) is 4.35. The van der Waals surface area contributed by atoms with Crippen molar-refractivity contribution in [1.29, 1.82) is 0 Å². The zero-order valence-corrected chi connectivity index (χ0v) is 16.0. The Bertz CT molecular complexity index is 573. The highest BCUT2D eigenvalue weighted by atomic mass is 16.2. The van der Waals surface area contributed by atoms with Gasteiger partial charge in [0.25, 0.3) is 0 Å². The summed E-state index contributed by atoms with van der Waals surface area (Å²) in [4.78, 5) is 41.1. The number of carbonyl (C=O) groups is 3. The zero-order chi connectivity index (χ0) is 19.2. The van der Waals surface area contributed by atoms with Gasteiger partial charge < -0.3 is 11.1 Å². The first-order valence-corrected chi connectivity index (χ1v) is 8.99. The Labute approximate surface area is 150 Å². The van der Waals surface area contributed by atoms with E-state index >= 15 is 0 Å². The summed E-state index contributed by atoms with van der Waals surface area (Å²) < 4.78 is 0. The van der Waals surface area contributed by atoms with Crippen molar-refractivity contribution in [3.05, 3.63) is 11.9 Å². The fraction of sp³-hybridized carbons (Fsp3) is 0.684. The van der Waals surface area contributed by atoms with Gasteiger partial charge in [-0.15, -0.1) is 0 Å². The predicted molar refractivity (Wildman–Crippen MR) is 99.0 cm³/mol. The lowest BCUT2D eigenvalue weighted by Crippen LogP contribution is -2.49. The molecule has 1 aliphatic carbocycles. The molecule has 0 aliphatic heterocycles. The number of unbranched alkanes of at least 4 members (excludes halogenated alkanes) is 1. The average molecular weight is 349 g/mol. The maximum Gasteiger partial charge on any atom is 0.224 e. The summed E-state index contributed by atoms with van der Waals surface area (Å²) in [6, 6.07) is -0.548. The summed E-state index contributed by atoms with van der Waals surface area (Å²) in [6.07, 6.45) is 5.41. The summed E-state index contributed by atoms with van der Waals surface area (Å²) in [5.74, 6) is -1.25. The van der Waals surface area contributed by atoms with Crippen LogP contribution in [0.2, 0.25) is 0 Å². The molecule has 1 aliphatic rings. The minimum atomic E-state index is -0.548. The van der Waals surface area contributed by atoms with Gasteiger partial charge in [0.1, 0.15) is 5.70 Å². The summed E-state index contributed by atoms with van der Waals surface area (Å²) in [5, 5.41) is 2.83. The Morgan fingerprint density at radius 2 is 1.88 bits per heavy atom. The van der Waals surface area contributed by atoms with Crippen LogP contribution in [0, 0.1) is 17.3 Å². The molecule has 1 amide bonds. The highest BCUT2D eigenvalue weighted by molar-refractivity contribution is 6.04. The van der Waals surface area contributed by atoms with Crippen LogP contribution in [0.4, 0.5) is 0 Å². The van der Waals surface area contributed by atoms with Crippen molar-refractivity contribution in [2.75, 3.05) is 0 Å². The second-order valence-electron chi connectivity index (χ2n) is 7.59. The van der Waals surface area contributed by atoms with Crippen molar-refractivity contribution < 1.29 is 14.4 Å². The van der Waals surface area contributed by atoms with Gasteiger partial charge in [-0.25, -0.2) is 0 Å². The van der Waals surface area contributed by atoms with E-state index in [1.165, 1.54) is 6.20 Å². The van der Waals surface area contributed by atoms with E-state index < -0.39 is 17.9 Å². The summed E-state index contributed by atoms with van der Waals surface area (Å²) >= 11 is 0. The van der Waals surface area contributed by atoms with Gasteiger partial charge in [0.15, 0.2) is 11.6 Å². The number of carbonyl (C=O) groups excluding carboxylic acids is 3. The Balaban J connectivity index is 2.71. The predicted octanol–water partition coefficient (Wildman–Crippen LogP) is 2.37. The van der Waals surface area contributed by atoms with Gasteiger partial charge in [-0.3, -0.25) is 19.4 Å². The van der Waals surface area contributed by atoms with Crippen LogP contribution in [0.3, 0.4) is 0 Å². The fourth-order valence-electron chi connectivity index (χ4n) is 2.68. The van der Waals surface area contributed by atoms with Gasteiger partial charge in [0.05, 0.1) is 6.04 Å². The molecule has 140 valence electrons. The van der Waals surface area contributed by atoms with Crippen molar-refractivity contribution in [2.45, 2.75) is 66.3 Å². The van der Waals surface area contributed by atoms with E-state index in [9.17, 15) is 14.4 Å². The molecule has 0 aromatic heterocycles. The Hall–Kier alpha value is -1.98. The number of allylic oxidation sites excluding steroid dienone is 1. The second-order valence-corrected chi connectivity index (χ2v) is 7.59. The van der Waals surface area contributed by atoms with Crippen LogP contribution >= 0.6 is 0 Å². The van der Waals surface area contributed by atoms with Crippen LogP contribution < -0.4 is 11.1 Å². The van der Waals surface area contributed by atoms with E-state index in [0.29, 0.717) is 12.8 Å². The molecule has 0 heterocycles. The number of Topliss-reactive ketones (excluding diaryl/α,β-unsaturated/α-hetero) is 2. The number of hydrogen-bond acceptors (Lipinski definition) is 5. The lowest BCUT2D eigenvalue weighted by molar-refractivity contribution is -0.131. The number of ketones is 2. The number of hydrogen-bond donors (Lipinski definition) is 2. The first-order chi connectivity index (χ1) is 11.7. The van der Waals surface area contributed by atoms with E-state index in [2.05, 4.69) is 10.3 Å². The monoisotopic (exact) mass is 349 g/mol. The van der Waals surface area contributed by atoms with E-state index in [0.717, 1.165) is 12.8 Å². The molecule has 0 aromatic carbocycles. The molecule has 1 fully saturated rings. The molecule has 1 rings (SSSR count). The fourth-order valence-corrected chi connectivity index (χ4v) is 2.68. The van der Waals surface area contributed by atoms with Crippen LogP contribution in [0.15, 0.2) is 16.9 Å². The standard InChI is InChI=1S/C19H31N3O3/c1-6-8-9-21-14(11-20)16(24)12-10-13(12)18(25)22-17(15(23)7-2)19(3,4)5/h9,11-13,17H,6-8,10,20H2,1-5H3,(H,22,25)/b14-11-,21-9?/t12?,13-,17-/m1/s1. The molecule has 6 nitrogen and oxygen atoms in total. The van der Waals surface area contributed by atoms with E-state index in [4.69, 9.17) is 5.73 Å². The molecule has 1 unspecified atom stereocenters. The molecule has 1 saturated carbocycles. The largest absolute Gasteiger partial charge is 0.403 e. The van der Waals surface area contributed by atoms with Crippen LogP contribution in [0.25, 0.3) is 0 Å². The van der Waals surface area contributed by atoms with Crippen molar-refractivity contribution in [3.8, 4) is 0 Å². The lowest BCUT2D eigenvalue weighted by atomic mass is 9.83. The summed E-state index contributed by atoms with van der Waals surface area (Å²) in [7, 11) is 0. The maximum absolute atomic E-state index is 12.5. The van der Waals surface area contributed by atoms with Crippen LogP contribution in [-0.4, -0.2) is 29.7 Å². The number of nitrogens with two attached hydrogens (primary N) is 1. The van der Waals surface area contributed by atoms with Crippen LogP contribution in [-0.2, 0) is 14.4 Å². The molecular formula is C19H31N3O3. The first kappa shape index (κ1) is 21.1. The van der Waals surface area contributed by atoms with Gasteiger partial charge in [0.2, 0.25) is 5.91 Å². The van der Waals surface area contributed by atoms with Gasteiger partial charge in [-0.1, -0.05) is 41.0 Å². The number of nitrogens with zero attached hydrogens (tertiary/aromatic N) is 1. The van der Waals surface area contributed by atoms with Crippen molar-refractivity contribution in [1.82, 2.24) is 5.32 Å². The quantitative estimate of drug-likeness (QED) is 0.493. The zero-order valence-electron chi connectivity index (χ0n) is 16.0. The van der Waals surface area contributed by atoms with Crippen molar-refractivity contribution in [2.24, 2.45) is 28.0 Å².